The molecule has 0 radical (unpaired) electrons. The predicted octanol–water partition coefficient (Wildman–Crippen LogP) is 4.83. The lowest BCUT2D eigenvalue weighted by molar-refractivity contribution is -0.384. The molecule has 1 aromatic carbocycles. The third-order valence-electron chi connectivity index (χ3n) is 4.89. The molecule has 0 amide bonds. The molecule has 0 spiro atoms. The van der Waals surface area contributed by atoms with Gasteiger partial charge in [0.2, 0.25) is 0 Å². The number of pyridine rings is 1. The molecular formula is C21H22N4O3. The summed E-state index contributed by atoms with van der Waals surface area (Å²) >= 11 is 0. The number of nitrogens with zero attached hydrogens (tertiary/aromatic N) is 4. The zero-order valence-corrected chi connectivity index (χ0v) is 16.0. The Morgan fingerprint density at radius 3 is 2.79 bits per heavy atom. The van der Waals surface area contributed by atoms with Gasteiger partial charge < -0.3 is 4.74 Å². The Hall–Kier alpha value is -3.06. The topological polar surface area (TPSA) is 83.1 Å². The number of benzene rings is 1. The maximum Gasteiger partial charge on any atom is 0.271 e. The first-order chi connectivity index (χ1) is 13.5. The number of fused-ring (bicyclic) bond motifs is 1. The predicted molar refractivity (Wildman–Crippen MR) is 108 cm³/mol. The van der Waals surface area contributed by atoms with E-state index in [0.717, 1.165) is 47.3 Å². The molecule has 144 valence electrons. The van der Waals surface area contributed by atoms with Crippen LogP contribution in [-0.4, -0.2) is 26.3 Å². The van der Waals surface area contributed by atoms with E-state index in [4.69, 9.17) is 9.84 Å². The molecule has 7 heteroatoms. The van der Waals surface area contributed by atoms with E-state index >= 15 is 0 Å². The van der Waals surface area contributed by atoms with Crippen molar-refractivity contribution in [2.45, 2.75) is 39.3 Å². The van der Waals surface area contributed by atoms with Crippen molar-refractivity contribution in [3.05, 3.63) is 63.1 Å². The maximum absolute atomic E-state index is 11.2. The van der Waals surface area contributed by atoms with Crippen LogP contribution in [0.2, 0.25) is 0 Å². The van der Waals surface area contributed by atoms with Crippen LogP contribution in [0.1, 0.15) is 48.1 Å². The first kappa shape index (κ1) is 18.3. The van der Waals surface area contributed by atoms with Crippen molar-refractivity contribution in [2.75, 3.05) is 6.61 Å². The van der Waals surface area contributed by atoms with Crippen LogP contribution in [0.15, 0.2) is 30.3 Å². The van der Waals surface area contributed by atoms with Gasteiger partial charge in [0.05, 0.1) is 21.8 Å². The van der Waals surface area contributed by atoms with Crippen LogP contribution in [0.25, 0.3) is 23.1 Å². The molecule has 0 aliphatic carbocycles. The van der Waals surface area contributed by atoms with Crippen molar-refractivity contribution in [1.82, 2.24) is 14.8 Å². The third-order valence-corrected chi connectivity index (χ3v) is 4.89. The average Bonchev–Trinajstić information content (AvgIpc) is 3.04. The van der Waals surface area contributed by atoms with Crippen LogP contribution >= 0.6 is 0 Å². The van der Waals surface area contributed by atoms with Gasteiger partial charge in [-0.05, 0) is 69.0 Å². The summed E-state index contributed by atoms with van der Waals surface area (Å²) in [5, 5.41) is 16.8. The van der Waals surface area contributed by atoms with Gasteiger partial charge in [-0.2, -0.15) is 5.10 Å². The zero-order chi connectivity index (χ0) is 19.7. The number of aromatic nitrogens is 3. The maximum atomic E-state index is 11.2. The third kappa shape index (κ3) is 3.66. The number of hydrogen-bond acceptors (Lipinski definition) is 5. The molecule has 3 aromatic rings. The minimum Gasteiger partial charge on any atom is -0.356 e. The second-order valence-electron chi connectivity index (χ2n) is 7.15. The van der Waals surface area contributed by atoms with Crippen molar-refractivity contribution in [3.63, 3.8) is 0 Å². The first-order valence-electron chi connectivity index (χ1n) is 9.43. The molecule has 28 heavy (non-hydrogen) atoms. The van der Waals surface area contributed by atoms with Gasteiger partial charge in [-0.15, -0.1) is 0 Å². The highest BCUT2D eigenvalue weighted by atomic mass is 16.6. The second kappa shape index (κ2) is 7.52. The molecule has 7 nitrogen and oxygen atoms in total. The Morgan fingerprint density at radius 2 is 2.07 bits per heavy atom. The number of hydrogen-bond donors (Lipinski definition) is 0. The number of ether oxygens (including phenoxy) is 1. The van der Waals surface area contributed by atoms with E-state index in [1.165, 1.54) is 6.07 Å². The van der Waals surface area contributed by atoms with Gasteiger partial charge in [-0.25, -0.2) is 4.68 Å². The fourth-order valence-electron chi connectivity index (χ4n) is 3.65. The van der Waals surface area contributed by atoms with E-state index in [0.29, 0.717) is 12.1 Å². The molecule has 0 bridgehead atoms. The van der Waals surface area contributed by atoms with Crippen LogP contribution in [0.5, 0.6) is 0 Å². The summed E-state index contributed by atoms with van der Waals surface area (Å²) in [6.07, 6.45) is 6.57. The Balaban J connectivity index is 1.79. The van der Waals surface area contributed by atoms with E-state index in [9.17, 15) is 10.1 Å². The highest BCUT2D eigenvalue weighted by Crippen LogP contribution is 2.31. The Morgan fingerprint density at radius 1 is 1.21 bits per heavy atom. The summed E-state index contributed by atoms with van der Waals surface area (Å²) in [5.74, 6) is 0. The van der Waals surface area contributed by atoms with Gasteiger partial charge in [0.25, 0.3) is 5.69 Å². The van der Waals surface area contributed by atoms with Crippen molar-refractivity contribution in [2.24, 2.45) is 0 Å². The SMILES string of the molecule is Cc1cc(C)nc(C=Cc2nn(C3CCCCO3)c3cc([N+](=O)[O-])ccc23)c1. The molecule has 0 N–H and O–H groups in total. The molecule has 1 fully saturated rings. The first-order valence-corrected chi connectivity index (χ1v) is 9.43. The van der Waals surface area contributed by atoms with Gasteiger partial charge in [-0.3, -0.25) is 15.1 Å². The van der Waals surface area contributed by atoms with Crippen molar-refractivity contribution < 1.29 is 9.66 Å². The minimum atomic E-state index is -0.381. The standard InChI is InChI=1S/C21H22N4O3/c1-14-11-15(2)22-16(12-14)6-9-19-18-8-7-17(25(26)27)13-20(18)24(23-19)21-5-3-4-10-28-21/h6-9,11-13,21H,3-5,10H2,1-2H3. The van der Waals surface area contributed by atoms with E-state index in [1.807, 2.05) is 38.1 Å². The Bertz CT molecular complexity index is 1040. The van der Waals surface area contributed by atoms with Crippen molar-refractivity contribution in [3.8, 4) is 0 Å². The second-order valence-corrected chi connectivity index (χ2v) is 7.15. The lowest BCUT2D eigenvalue weighted by Crippen LogP contribution is -2.19. The van der Waals surface area contributed by atoms with E-state index in [1.54, 1.807) is 16.8 Å². The summed E-state index contributed by atoms with van der Waals surface area (Å²) < 4.78 is 7.66. The van der Waals surface area contributed by atoms with Crippen LogP contribution in [0.4, 0.5) is 5.69 Å². The van der Waals surface area contributed by atoms with Gasteiger partial charge in [-0.1, -0.05) is 0 Å². The molecule has 1 saturated heterocycles. The highest BCUT2D eigenvalue weighted by molar-refractivity contribution is 5.91. The fraction of sp³-hybridized carbons (Fsp3) is 0.333. The van der Waals surface area contributed by atoms with Crippen LogP contribution in [0, 0.1) is 24.0 Å². The summed E-state index contributed by atoms with van der Waals surface area (Å²) in [6.45, 7) is 4.68. The molecule has 4 rings (SSSR count). The lowest BCUT2D eigenvalue weighted by Gasteiger charge is -2.23. The van der Waals surface area contributed by atoms with E-state index < -0.39 is 0 Å². The average molecular weight is 378 g/mol. The van der Waals surface area contributed by atoms with Crippen LogP contribution < -0.4 is 0 Å². The molecule has 2 aromatic heterocycles. The van der Waals surface area contributed by atoms with E-state index in [2.05, 4.69) is 4.98 Å². The summed E-state index contributed by atoms with van der Waals surface area (Å²) in [7, 11) is 0. The number of aryl methyl sites for hydroxylation is 2. The smallest absolute Gasteiger partial charge is 0.271 e. The number of non-ortho nitro benzene ring substituents is 1. The largest absolute Gasteiger partial charge is 0.356 e. The van der Waals surface area contributed by atoms with Crippen LogP contribution in [-0.2, 0) is 4.74 Å². The Kier molecular flexibility index (Phi) is 4.92. The number of nitro groups is 1. The highest BCUT2D eigenvalue weighted by Gasteiger charge is 2.22. The molecule has 1 aliphatic rings. The van der Waals surface area contributed by atoms with E-state index in [-0.39, 0.29) is 16.8 Å². The molecule has 1 aliphatic heterocycles. The van der Waals surface area contributed by atoms with Gasteiger partial charge >= 0.3 is 0 Å². The Labute approximate surface area is 162 Å². The van der Waals surface area contributed by atoms with Gasteiger partial charge in [0.15, 0.2) is 6.23 Å². The summed E-state index contributed by atoms with van der Waals surface area (Å²) in [6, 6.07) is 8.89. The molecular weight excluding hydrogens is 356 g/mol. The number of rotatable bonds is 4. The lowest BCUT2D eigenvalue weighted by atomic mass is 10.1. The van der Waals surface area contributed by atoms with Crippen molar-refractivity contribution in [1.29, 1.82) is 0 Å². The minimum absolute atomic E-state index is 0.0518. The number of nitro benzene ring substituents is 1. The normalized spacial score (nSPS) is 17.4. The van der Waals surface area contributed by atoms with Crippen LogP contribution in [0.3, 0.4) is 0 Å². The molecule has 3 heterocycles. The zero-order valence-electron chi connectivity index (χ0n) is 16.0. The van der Waals surface area contributed by atoms with Gasteiger partial charge in [0, 0.05) is 29.8 Å². The molecule has 0 saturated carbocycles. The molecule has 1 atom stereocenters. The molecule has 1 unspecified atom stereocenters. The fourth-order valence-corrected chi connectivity index (χ4v) is 3.65. The van der Waals surface area contributed by atoms with Gasteiger partial charge in [0.1, 0.15) is 0 Å². The summed E-state index contributed by atoms with van der Waals surface area (Å²) in [4.78, 5) is 15.4. The monoisotopic (exact) mass is 378 g/mol. The van der Waals surface area contributed by atoms with Crippen molar-refractivity contribution >= 4 is 28.7 Å². The quantitative estimate of drug-likeness (QED) is 0.480. The summed E-state index contributed by atoms with van der Waals surface area (Å²) in [5.41, 5.74) is 4.48.